The fourth-order valence-corrected chi connectivity index (χ4v) is 3.40. The molecule has 172 valence electrons. The number of hydrogen-bond donors (Lipinski definition) is 2. The lowest BCUT2D eigenvalue weighted by molar-refractivity contribution is -0.0154. The maximum Gasteiger partial charge on any atom is 0.257 e. The summed E-state index contributed by atoms with van der Waals surface area (Å²) in [6, 6.07) is 12.7. The van der Waals surface area contributed by atoms with Gasteiger partial charge in [-0.25, -0.2) is 0 Å². The van der Waals surface area contributed by atoms with Crippen LogP contribution in [0, 0.1) is 5.92 Å². The van der Waals surface area contributed by atoms with E-state index in [2.05, 4.69) is 34.5 Å². The average Bonchev–Trinajstić information content (AvgIpc) is 3.37. The Labute approximate surface area is 191 Å². The summed E-state index contributed by atoms with van der Waals surface area (Å²) in [6.45, 7) is 5.08. The van der Waals surface area contributed by atoms with Crippen LogP contribution < -0.4 is 19.9 Å². The van der Waals surface area contributed by atoms with E-state index >= 15 is 0 Å². The number of aromatic amines is 1. The minimum Gasteiger partial charge on any atom is -0.494 e. The van der Waals surface area contributed by atoms with E-state index in [1.165, 1.54) is 6.08 Å². The highest BCUT2D eigenvalue weighted by molar-refractivity contribution is 6.09. The van der Waals surface area contributed by atoms with Crippen molar-refractivity contribution in [1.82, 2.24) is 20.6 Å². The normalized spacial score (nSPS) is 17.5. The van der Waals surface area contributed by atoms with E-state index in [1.807, 2.05) is 24.3 Å². The van der Waals surface area contributed by atoms with Crippen LogP contribution in [0.3, 0.4) is 0 Å². The van der Waals surface area contributed by atoms with Gasteiger partial charge in [-0.3, -0.25) is 10.5 Å². The van der Waals surface area contributed by atoms with Gasteiger partial charge < -0.3 is 14.2 Å². The van der Waals surface area contributed by atoms with Crippen LogP contribution >= 0.6 is 0 Å². The number of benzene rings is 2. The van der Waals surface area contributed by atoms with Crippen molar-refractivity contribution in [3.05, 3.63) is 65.5 Å². The molecule has 0 saturated heterocycles. The van der Waals surface area contributed by atoms with Gasteiger partial charge in [0.1, 0.15) is 12.4 Å². The summed E-state index contributed by atoms with van der Waals surface area (Å²) in [4.78, 5) is 12.9. The number of carbonyl (C=O) groups excluding carboxylic acids is 1. The van der Waals surface area contributed by atoms with Crippen LogP contribution in [-0.2, 0) is 5.72 Å². The third-order valence-electron chi connectivity index (χ3n) is 5.20. The number of nitrogens with zero attached hydrogens (tertiary/aromatic N) is 3. The molecule has 0 aliphatic carbocycles. The van der Waals surface area contributed by atoms with E-state index in [0.717, 1.165) is 24.2 Å². The van der Waals surface area contributed by atoms with E-state index in [9.17, 15) is 4.79 Å². The van der Waals surface area contributed by atoms with Crippen molar-refractivity contribution in [1.29, 1.82) is 0 Å². The fraction of sp³-hybridized carbons (Fsp3) is 0.333. The zero-order valence-corrected chi connectivity index (χ0v) is 18.7. The van der Waals surface area contributed by atoms with Crippen molar-refractivity contribution >= 4 is 11.9 Å². The van der Waals surface area contributed by atoms with Gasteiger partial charge in [0.2, 0.25) is 5.82 Å². The third kappa shape index (κ3) is 5.38. The Balaban J connectivity index is 1.43. The summed E-state index contributed by atoms with van der Waals surface area (Å²) >= 11 is 0. The Morgan fingerprint density at radius 3 is 2.82 bits per heavy atom. The van der Waals surface area contributed by atoms with Gasteiger partial charge >= 0.3 is 0 Å². The molecule has 4 rings (SSSR count). The smallest absolute Gasteiger partial charge is 0.257 e. The minimum atomic E-state index is -1.45. The van der Waals surface area contributed by atoms with Crippen LogP contribution in [0.5, 0.6) is 17.2 Å². The van der Waals surface area contributed by atoms with Crippen molar-refractivity contribution in [2.24, 2.45) is 11.7 Å². The predicted octanol–water partition coefficient (Wildman–Crippen LogP) is 3.49. The monoisotopic (exact) mass is 449 g/mol. The number of tetrazole rings is 1. The maximum atomic E-state index is 12.9. The molecule has 0 spiro atoms. The van der Waals surface area contributed by atoms with E-state index in [0.29, 0.717) is 23.8 Å². The van der Waals surface area contributed by atoms with Crippen LogP contribution in [0.1, 0.15) is 48.4 Å². The van der Waals surface area contributed by atoms with Crippen molar-refractivity contribution in [2.45, 2.75) is 32.4 Å². The third-order valence-corrected chi connectivity index (χ3v) is 5.20. The number of aromatic nitrogens is 4. The highest BCUT2D eigenvalue weighted by Gasteiger charge is 2.41. The Bertz CT molecular complexity index is 1110. The molecular weight excluding hydrogens is 422 g/mol. The molecule has 3 aromatic rings. The number of nitrogens with two attached hydrogens (primary N) is 1. The van der Waals surface area contributed by atoms with E-state index in [4.69, 9.17) is 19.9 Å². The Hall–Kier alpha value is -3.72. The van der Waals surface area contributed by atoms with Crippen LogP contribution in [0.4, 0.5) is 0 Å². The zero-order chi connectivity index (χ0) is 23.3. The molecule has 9 heteroatoms. The zero-order valence-electron chi connectivity index (χ0n) is 18.7. The number of nitrogens with one attached hydrogen (secondary N) is 1. The molecule has 1 aliphatic rings. The average molecular weight is 450 g/mol. The molecule has 3 N–H and O–H groups in total. The minimum absolute atomic E-state index is 0.0150. The van der Waals surface area contributed by atoms with Gasteiger partial charge in [0.05, 0.1) is 12.2 Å². The molecule has 1 unspecified atom stereocenters. The molecule has 0 fully saturated rings. The number of fused-ring (bicyclic) bond motifs is 1. The van der Waals surface area contributed by atoms with Gasteiger partial charge in [0.25, 0.3) is 5.72 Å². The van der Waals surface area contributed by atoms with Gasteiger partial charge in [0, 0.05) is 0 Å². The molecule has 0 amide bonds. The van der Waals surface area contributed by atoms with Gasteiger partial charge in [-0.1, -0.05) is 38.1 Å². The summed E-state index contributed by atoms with van der Waals surface area (Å²) in [5, 5.41) is 13.6. The first kappa shape index (κ1) is 22.5. The molecule has 0 radical (unpaired) electrons. The number of hydrogen-bond acceptors (Lipinski definition) is 8. The molecule has 1 aliphatic heterocycles. The summed E-state index contributed by atoms with van der Waals surface area (Å²) in [5.74, 6) is 2.05. The number of ketones is 1. The first-order valence-electron chi connectivity index (χ1n) is 10.9. The van der Waals surface area contributed by atoms with Gasteiger partial charge in [-0.2, -0.15) is 5.21 Å². The predicted molar refractivity (Wildman–Crippen MR) is 122 cm³/mol. The lowest BCUT2D eigenvalue weighted by Gasteiger charge is -2.33. The summed E-state index contributed by atoms with van der Waals surface area (Å²) in [5.41, 5.74) is 6.02. The van der Waals surface area contributed by atoms with Crippen LogP contribution in [0.15, 0.2) is 48.5 Å². The second-order valence-corrected chi connectivity index (χ2v) is 8.30. The van der Waals surface area contributed by atoms with Crippen molar-refractivity contribution in [3.8, 4) is 17.2 Å². The number of rotatable bonds is 9. The number of allylic oxidation sites excluding steroid dienone is 1. The Kier molecular flexibility index (Phi) is 6.69. The van der Waals surface area contributed by atoms with Gasteiger partial charge in [-0.15, -0.1) is 10.2 Å². The highest BCUT2D eigenvalue weighted by Crippen LogP contribution is 2.39. The van der Waals surface area contributed by atoms with Crippen molar-refractivity contribution in [2.75, 3.05) is 13.2 Å². The molecule has 2 heterocycles. The molecular formula is C24H27N5O4. The van der Waals surface area contributed by atoms with Gasteiger partial charge in [0.15, 0.2) is 17.3 Å². The van der Waals surface area contributed by atoms with Crippen LogP contribution in [0.2, 0.25) is 0 Å². The molecule has 9 nitrogen and oxygen atoms in total. The second kappa shape index (κ2) is 9.83. The first-order chi connectivity index (χ1) is 15.9. The summed E-state index contributed by atoms with van der Waals surface area (Å²) in [7, 11) is 0. The second-order valence-electron chi connectivity index (χ2n) is 8.30. The Morgan fingerprint density at radius 1 is 1.27 bits per heavy atom. The Morgan fingerprint density at radius 2 is 2.09 bits per heavy atom. The molecule has 33 heavy (non-hydrogen) atoms. The van der Waals surface area contributed by atoms with Crippen LogP contribution in [0.25, 0.3) is 6.08 Å². The van der Waals surface area contributed by atoms with E-state index in [1.54, 1.807) is 24.3 Å². The summed E-state index contributed by atoms with van der Waals surface area (Å²) < 4.78 is 17.4. The van der Waals surface area contributed by atoms with E-state index in [-0.39, 0.29) is 24.0 Å². The van der Waals surface area contributed by atoms with Crippen molar-refractivity contribution in [3.63, 3.8) is 0 Å². The fourth-order valence-electron chi connectivity index (χ4n) is 3.40. The number of H-pyrrole nitrogens is 1. The first-order valence-corrected chi connectivity index (χ1v) is 10.9. The summed E-state index contributed by atoms with van der Waals surface area (Å²) in [6.07, 6.45) is 5.39. The highest BCUT2D eigenvalue weighted by atomic mass is 16.6. The maximum absolute atomic E-state index is 12.9. The van der Waals surface area contributed by atoms with Crippen molar-refractivity contribution < 1.29 is 19.0 Å². The largest absolute Gasteiger partial charge is 0.494 e. The van der Waals surface area contributed by atoms with E-state index < -0.39 is 5.72 Å². The molecule has 1 aromatic heterocycles. The molecule has 1 atom stereocenters. The quantitative estimate of drug-likeness (QED) is 0.289. The van der Waals surface area contributed by atoms with Crippen LogP contribution in [-0.4, -0.2) is 39.6 Å². The molecule has 2 aromatic carbocycles. The number of para-hydroxylation sites is 1. The SMILES string of the molecule is CC(C)CCCOc1ccc(C=CC(=O)c2cccc3c2OC(N)(c2nn[nH]n2)CO3)cc1. The lowest BCUT2D eigenvalue weighted by Crippen LogP contribution is -2.51. The number of carbonyl (C=O) groups is 1. The number of ether oxygens (including phenoxy) is 3. The lowest BCUT2D eigenvalue weighted by atomic mass is 10.1. The topological polar surface area (TPSA) is 125 Å². The van der Waals surface area contributed by atoms with Gasteiger partial charge in [-0.05, 0) is 59.9 Å². The molecule has 0 saturated carbocycles. The standard InChI is InChI=1S/C24H27N5O4/c1-16(2)5-4-14-31-18-11-8-17(9-12-18)10-13-20(30)19-6-3-7-21-22(19)33-24(25,15-32-21)23-26-28-29-27-23/h3,6-13,16H,4-5,14-15,25H2,1-2H3,(H,26,27,28,29). The molecule has 0 bridgehead atoms.